The molecule has 8 heteroatoms. The fraction of sp³-hybridized carbons (Fsp3) is 0.333. The molecule has 2 fully saturated rings. The molecule has 2 aliphatic rings. The molecule has 4 rings (SSSR count). The monoisotopic (exact) mass is 422 g/mol. The number of hydrogen-bond donors (Lipinski definition) is 2. The van der Waals surface area contributed by atoms with E-state index in [-0.39, 0.29) is 23.4 Å². The third kappa shape index (κ3) is 4.24. The summed E-state index contributed by atoms with van der Waals surface area (Å²) in [6, 6.07) is 6.73. The van der Waals surface area contributed by atoms with Crippen LogP contribution in [0.15, 0.2) is 41.2 Å². The molecule has 1 saturated heterocycles. The molecule has 2 heterocycles. The molecule has 1 aromatic heterocycles. The highest BCUT2D eigenvalue weighted by atomic mass is 35.5. The molecule has 0 bridgehead atoms. The van der Waals surface area contributed by atoms with Gasteiger partial charge in [0.1, 0.15) is 0 Å². The fourth-order valence-corrected chi connectivity index (χ4v) is 3.86. The molecule has 1 amide bonds. The molecule has 0 radical (unpaired) electrons. The maximum Gasteiger partial charge on any atom is 0.417 e. The second kappa shape index (κ2) is 7.37. The minimum absolute atomic E-state index is 0.0892. The van der Waals surface area contributed by atoms with Crippen molar-refractivity contribution in [3.05, 3.63) is 74.2 Å². The predicted octanol–water partition coefficient (Wildman–Crippen LogP) is 4.63. The molecule has 1 atom stereocenters. The van der Waals surface area contributed by atoms with Crippen LogP contribution < -0.4 is 10.9 Å². The Morgan fingerprint density at radius 2 is 1.86 bits per heavy atom. The van der Waals surface area contributed by atoms with E-state index < -0.39 is 16.8 Å². The number of H-pyrrole nitrogens is 1. The Morgan fingerprint density at radius 1 is 1.10 bits per heavy atom. The summed E-state index contributed by atoms with van der Waals surface area (Å²) in [5.41, 5.74) is 1.01. The summed E-state index contributed by atoms with van der Waals surface area (Å²) in [6.07, 6.45) is 0.104. The first-order valence-electron chi connectivity index (χ1n) is 9.34. The Morgan fingerprint density at radius 3 is 2.41 bits per heavy atom. The van der Waals surface area contributed by atoms with Crippen LogP contribution >= 0.6 is 11.6 Å². The number of carbonyl (C=O) groups is 1. The van der Waals surface area contributed by atoms with Crippen molar-refractivity contribution in [3.8, 4) is 0 Å². The van der Waals surface area contributed by atoms with Crippen molar-refractivity contribution < 1.29 is 18.0 Å². The zero-order chi connectivity index (χ0) is 20.8. The number of carbonyl (C=O) groups excluding carboxylic acids is 1. The van der Waals surface area contributed by atoms with Crippen LogP contribution in [0.1, 0.15) is 54.0 Å². The lowest BCUT2D eigenvalue weighted by atomic mass is 9.97. The van der Waals surface area contributed by atoms with Gasteiger partial charge in [0.05, 0.1) is 10.6 Å². The number of aromatic nitrogens is 1. The van der Waals surface area contributed by atoms with Crippen molar-refractivity contribution in [2.75, 3.05) is 0 Å². The van der Waals surface area contributed by atoms with E-state index >= 15 is 0 Å². The van der Waals surface area contributed by atoms with Crippen LogP contribution in [0.4, 0.5) is 13.2 Å². The summed E-state index contributed by atoms with van der Waals surface area (Å²) in [7, 11) is 0. The Kier molecular flexibility index (Phi) is 5.02. The summed E-state index contributed by atoms with van der Waals surface area (Å²) >= 11 is 5.90. The third-order valence-electron chi connectivity index (χ3n) is 5.23. The molecular weight excluding hydrogens is 405 g/mol. The number of amides is 1. The van der Waals surface area contributed by atoms with Crippen LogP contribution in [-0.4, -0.2) is 16.9 Å². The van der Waals surface area contributed by atoms with Gasteiger partial charge in [0, 0.05) is 29.3 Å². The first-order chi connectivity index (χ1) is 13.7. The van der Waals surface area contributed by atoms with Gasteiger partial charge in [-0.3, -0.25) is 9.59 Å². The van der Waals surface area contributed by atoms with Gasteiger partial charge >= 0.3 is 6.18 Å². The van der Waals surface area contributed by atoms with Crippen molar-refractivity contribution in [2.24, 2.45) is 0 Å². The second-order valence-electron chi connectivity index (χ2n) is 7.42. The molecule has 1 aromatic carbocycles. The highest BCUT2D eigenvalue weighted by molar-refractivity contribution is 6.31. The summed E-state index contributed by atoms with van der Waals surface area (Å²) in [5, 5.41) is 2.39. The van der Waals surface area contributed by atoms with Crippen molar-refractivity contribution in [3.63, 3.8) is 0 Å². The minimum Gasteiger partial charge on any atom is -0.350 e. The molecule has 4 nitrogen and oxygen atoms in total. The summed E-state index contributed by atoms with van der Waals surface area (Å²) < 4.78 is 39.2. The lowest BCUT2D eigenvalue weighted by molar-refractivity contribution is -0.137. The Labute approximate surface area is 169 Å². The lowest BCUT2D eigenvalue weighted by Crippen LogP contribution is -2.23. The standard InChI is InChI=1S/C21H18ClF3N2O2/c22-17-9-12(3-6-16(17)21(23,24)25)15(10-13-4-8-19(28)26-13)18-7-5-14(11-1-2-11)20(29)27-18/h3,5-7,9-11,13H,1-2,4,8H2,(H,26,28)(H,27,29)/b15-10+/t13-/m1/s1. The van der Waals surface area contributed by atoms with E-state index in [1.807, 2.05) is 0 Å². The molecule has 152 valence electrons. The number of alkyl halides is 3. The van der Waals surface area contributed by atoms with Gasteiger partial charge in [-0.25, -0.2) is 0 Å². The highest BCUT2D eigenvalue weighted by Gasteiger charge is 2.33. The average Bonchev–Trinajstić information content (AvgIpc) is 3.40. The topological polar surface area (TPSA) is 62.0 Å². The van der Waals surface area contributed by atoms with Crippen LogP contribution in [0, 0.1) is 0 Å². The number of benzene rings is 1. The number of halogens is 4. The van der Waals surface area contributed by atoms with Crippen molar-refractivity contribution >= 4 is 23.1 Å². The molecule has 0 unspecified atom stereocenters. The van der Waals surface area contributed by atoms with Crippen LogP contribution in [0.3, 0.4) is 0 Å². The number of rotatable bonds is 4. The highest BCUT2D eigenvalue weighted by Crippen LogP contribution is 2.39. The second-order valence-corrected chi connectivity index (χ2v) is 7.82. The van der Waals surface area contributed by atoms with E-state index in [9.17, 15) is 22.8 Å². The number of pyridine rings is 1. The molecule has 1 aliphatic heterocycles. The normalized spacial score (nSPS) is 20.1. The zero-order valence-electron chi connectivity index (χ0n) is 15.3. The summed E-state index contributed by atoms with van der Waals surface area (Å²) in [4.78, 5) is 26.9. The van der Waals surface area contributed by atoms with Gasteiger partial charge < -0.3 is 10.3 Å². The van der Waals surface area contributed by atoms with E-state index in [0.717, 1.165) is 18.9 Å². The zero-order valence-corrected chi connectivity index (χ0v) is 16.0. The van der Waals surface area contributed by atoms with Crippen LogP contribution in [0.2, 0.25) is 5.02 Å². The van der Waals surface area contributed by atoms with E-state index in [1.54, 1.807) is 18.2 Å². The number of nitrogens with one attached hydrogen (secondary N) is 2. The molecule has 2 N–H and O–H groups in total. The van der Waals surface area contributed by atoms with Gasteiger partial charge in [-0.15, -0.1) is 0 Å². The van der Waals surface area contributed by atoms with Crippen molar-refractivity contribution in [1.82, 2.24) is 10.3 Å². The van der Waals surface area contributed by atoms with Gasteiger partial charge in [-0.2, -0.15) is 13.2 Å². The molecule has 2 aromatic rings. The fourth-order valence-electron chi connectivity index (χ4n) is 3.58. The van der Waals surface area contributed by atoms with Gasteiger partial charge in [0.2, 0.25) is 5.91 Å². The van der Waals surface area contributed by atoms with Gasteiger partial charge in [-0.05, 0) is 48.9 Å². The SMILES string of the molecule is O=C1CC[C@H](/C=C(\c2ccc(C(F)(F)F)c(Cl)c2)c2ccc(C3CC3)c(=O)[nH]2)N1. The first-order valence-corrected chi connectivity index (χ1v) is 9.72. The van der Waals surface area contributed by atoms with E-state index in [1.165, 1.54) is 12.1 Å². The summed E-state index contributed by atoms with van der Waals surface area (Å²) in [6.45, 7) is 0. The van der Waals surface area contributed by atoms with E-state index in [0.29, 0.717) is 35.2 Å². The van der Waals surface area contributed by atoms with Gasteiger partial charge in [-0.1, -0.05) is 29.8 Å². The van der Waals surface area contributed by atoms with E-state index in [4.69, 9.17) is 11.6 Å². The minimum atomic E-state index is -4.56. The smallest absolute Gasteiger partial charge is 0.350 e. The van der Waals surface area contributed by atoms with Crippen molar-refractivity contribution in [2.45, 2.75) is 43.8 Å². The van der Waals surface area contributed by atoms with Crippen LogP contribution in [-0.2, 0) is 11.0 Å². The molecule has 1 saturated carbocycles. The number of hydrogen-bond acceptors (Lipinski definition) is 2. The first kappa shape index (κ1) is 19.8. The van der Waals surface area contributed by atoms with Gasteiger partial charge in [0.15, 0.2) is 0 Å². The quantitative estimate of drug-likeness (QED) is 0.754. The number of aromatic amines is 1. The van der Waals surface area contributed by atoms with Crippen LogP contribution in [0.25, 0.3) is 5.57 Å². The molecule has 29 heavy (non-hydrogen) atoms. The maximum absolute atomic E-state index is 13.1. The molecule has 1 aliphatic carbocycles. The predicted molar refractivity (Wildman–Crippen MR) is 104 cm³/mol. The molecule has 0 spiro atoms. The van der Waals surface area contributed by atoms with Gasteiger partial charge in [0.25, 0.3) is 5.56 Å². The Bertz CT molecular complexity index is 1050. The Hall–Kier alpha value is -2.54. The summed E-state index contributed by atoms with van der Waals surface area (Å²) in [5.74, 6) is 0.184. The Balaban J connectivity index is 1.78. The maximum atomic E-state index is 13.1. The molecular formula is C21H18ClF3N2O2. The third-order valence-corrected chi connectivity index (χ3v) is 5.54. The van der Waals surface area contributed by atoms with E-state index in [2.05, 4.69) is 10.3 Å². The lowest BCUT2D eigenvalue weighted by Gasteiger charge is -2.15. The largest absolute Gasteiger partial charge is 0.417 e. The van der Waals surface area contributed by atoms with Crippen LogP contribution in [0.5, 0.6) is 0 Å². The average molecular weight is 423 g/mol. The van der Waals surface area contributed by atoms with Crippen molar-refractivity contribution in [1.29, 1.82) is 0 Å².